The summed E-state index contributed by atoms with van der Waals surface area (Å²) in [5, 5.41) is 10.2. The SMILES string of the molecule is CC.CC.CC(=O)OCc1ccc(NC(=O)[C@H](CCCNC(N)=O)NC(=O)[C@H](C)NC(=O)CCN2C(=O)C=CC2=O)cc1. The van der Waals surface area contributed by atoms with Crippen LogP contribution in [0.25, 0.3) is 0 Å². The summed E-state index contributed by atoms with van der Waals surface area (Å²) in [5.41, 5.74) is 6.20. The van der Waals surface area contributed by atoms with E-state index >= 15 is 0 Å². The van der Waals surface area contributed by atoms with Crippen molar-refractivity contribution in [2.45, 2.75) is 79.5 Å². The van der Waals surface area contributed by atoms with Gasteiger partial charge in [0.25, 0.3) is 11.8 Å². The van der Waals surface area contributed by atoms with Crippen LogP contribution in [0.15, 0.2) is 36.4 Å². The Morgan fingerprint density at radius 2 is 1.49 bits per heavy atom. The number of urea groups is 1. The number of hydrogen-bond acceptors (Lipinski definition) is 8. The third-order valence-electron chi connectivity index (χ3n) is 5.50. The molecule has 0 saturated heterocycles. The molecule has 0 aromatic heterocycles. The summed E-state index contributed by atoms with van der Waals surface area (Å²) in [6.45, 7) is 10.8. The van der Waals surface area contributed by atoms with Crippen LogP contribution in [0.2, 0.25) is 0 Å². The molecule has 0 radical (unpaired) electrons. The molecule has 1 aliphatic heterocycles. The number of amides is 7. The smallest absolute Gasteiger partial charge is 0.312 e. The van der Waals surface area contributed by atoms with Crippen LogP contribution in [0.3, 0.4) is 0 Å². The molecule has 6 N–H and O–H groups in total. The molecule has 1 aromatic rings. The highest BCUT2D eigenvalue weighted by atomic mass is 16.5. The normalized spacial score (nSPS) is 12.8. The first-order valence-electron chi connectivity index (χ1n) is 14.2. The zero-order chi connectivity index (χ0) is 32.9. The van der Waals surface area contributed by atoms with Crippen LogP contribution in [0, 0.1) is 0 Å². The lowest BCUT2D eigenvalue weighted by Gasteiger charge is -2.22. The number of imide groups is 1. The number of carbonyl (C=O) groups excluding carboxylic acids is 7. The van der Waals surface area contributed by atoms with Crippen molar-refractivity contribution in [3.63, 3.8) is 0 Å². The molecule has 1 heterocycles. The Morgan fingerprint density at radius 3 is 2.02 bits per heavy atom. The number of ether oxygens (including phenoxy) is 1. The van der Waals surface area contributed by atoms with Crippen molar-refractivity contribution >= 4 is 47.2 Å². The van der Waals surface area contributed by atoms with Crippen molar-refractivity contribution in [2.75, 3.05) is 18.4 Å². The first-order valence-corrected chi connectivity index (χ1v) is 14.2. The molecule has 1 aliphatic rings. The van der Waals surface area contributed by atoms with Crippen LogP contribution in [0.1, 0.15) is 66.4 Å². The molecule has 0 saturated carbocycles. The fourth-order valence-electron chi connectivity index (χ4n) is 3.43. The molecule has 7 amide bonds. The van der Waals surface area contributed by atoms with Gasteiger partial charge in [-0.25, -0.2) is 4.79 Å². The second-order valence-electron chi connectivity index (χ2n) is 8.66. The van der Waals surface area contributed by atoms with Crippen LogP contribution in [0.5, 0.6) is 0 Å². The number of nitrogens with two attached hydrogens (primary N) is 1. The molecule has 238 valence electrons. The molecule has 14 heteroatoms. The van der Waals surface area contributed by atoms with Crippen LogP contribution in [-0.4, -0.2) is 71.6 Å². The number of anilines is 1. The van der Waals surface area contributed by atoms with Crippen molar-refractivity contribution < 1.29 is 38.3 Å². The molecular weight excluding hydrogens is 560 g/mol. The van der Waals surface area contributed by atoms with E-state index in [-0.39, 0.29) is 32.5 Å². The van der Waals surface area contributed by atoms with E-state index in [4.69, 9.17) is 10.5 Å². The third kappa shape index (κ3) is 15.2. The minimum absolute atomic E-state index is 0.0836. The first kappa shape index (κ1) is 38.2. The number of benzene rings is 1. The summed E-state index contributed by atoms with van der Waals surface area (Å²) in [6, 6.07) is 3.79. The Kier molecular flexibility index (Phi) is 18.7. The van der Waals surface area contributed by atoms with Crippen LogP contribution in [0.4, 0.5) is 10.5 Å². The number of primary amides is 1. The van der Waals surface area contributed by atoms with Crippen LogP contribution in [-0.2, 0) is 40.1 Å². The summed E-state index contributed by atoms with van der Waals surface area (Å²) in [4.78, 5) is 84.0. The summed E-state index contributed by atoms with van der Waals surface area (Å²) in [7, 11) is 0. The highest BCUT2D eigenvalue weighted by Crippen LogP contribution is 2.12. The molecule has 2 atom stereocenters. The highest BCUT2D eigenvalue weighted by Gasteiger charge is 2.26. The average Bonchev–Trinajstić information content (AvgIpc) is 3.31. The van der Waals surface area contributed by atoms with Gasteiger partial charge in [-0.15, -0.1) is 0 Å². The third-order valence-corrected chi connectivity index (χ3v) is 5.50. The second-order valence-corrected chi connectivity index (χ2v) is 8.66. The van der Waals surface area contributed by atoms with E-state index < -0.39 is 53.6 Å². The monoisotopic (exact) mass is 604 g/mol. The lowest BCUT2D eigenvalue weighted by molar-refractivity contribution is -0.142. The lowest BCUT2D eigenvalue weighted by Crippen LogP contribution is -2.52. The Labute approximate surface area is 252 Å². The first-order chi connectivity index (χ1) is 20.5. The highest BCUT2D eigenvalue weighted by molar-refractivity contribution is 6.13. The molecular formula is C29H44N6O8. The fraction of sp³-hybridized carbons (Fsp3) is 0.483. The van der Waals surface area contributed by atoms with Crippen molar-refractivity contribution in [1.82, 2.24) is 20.9 Å². The molecule has 0 bridgehead atoms. The molecule has 2 rings (SSSR count). The van der Waals surface area contributed by atoms with Crippen molar-refractivity contribution in [3.05, 3.63) is 42.0 Å². The van der Waals surface area contributed by atoms with Gasteiger partial charge >= 0.3 is 12.0 Å². The number of rotatable bonds is 14. The number of nitrogens with zero attached hydrogens (tertiary/aromatic N) is 1. The maximum atomic E-state index is 13.0. The summed E-state index contributed by atoms with van der Waals surface area (Å²) in [5.74, 6) is -3.19. The molecule has 0 spiro atoms. The standard InChI is InChI=1S/C25H32N6O8.2C2H6/c1-15(28-20(33)11-13-31-21(34)9-10-22(31)35)23(36)30-19(4-3-12-27-25(26)38)24(37)29-18-7-5-17(6-8-18)14-39-16(2)32;2*1-2/h5-10,15,19H,3-4,11-14H2,1-2H3,(H,28,33)(H,29,37)(H,30,36)(H3,26,27,38);2*1-2H3/t15-,19-;;/m0../s1. The summed E-state index contributed by atoms with van der Waals surface area (Å²) < 4.78 is 4.93. The Balaban J connectivity index is 0.00000422. The maximum Gasteiger partial charge on any atom is 0.312 e. The van der Waals surface area contributed by atoms with Gasteiger partial charge in [-0.3, -0.25) is 33.7 Å². The lowest BCUT2D eigenvalue weighted by atomic mass is 10.1. The fourth-order valence-corrected chi connectivity index (χ4v) is 3.43. The molecule has 0 unspecified atom stereocenters. The number of hydrogen-bond donors (Lipinski definition) is 5. The Hall–Kier alpha value is -4.75. The quantitative estimate of drug-likeness (QED) is 0.119. The number of esters is 1. The van der Waals surface area contributed by atoms with Gasteiger partial charge in [0.15, 0.2) is 0 Å². The van der Waals surface area contributed by atoms with E-state index in [1.807, 2.05) is 27.7 Å². The van der Waals surface area contributed by atoms with Gasteiger partial charge in [0.1, 0.15) is 18.7 Å². The van der Waals surface area contributed by atoms with E-state index in [9.17, 15) is 33.6 Å². The summed E-state index contributed by atoms with van der Waals surface area (Å²) >= 11 is 0. The van der Waals surface area contributed by atoms with Gasteiger partial charge in [-0.2, -0.15) is 0 Å². The minimum Gasteiger partial charge on any atom is -0.461 e. The predicted molar refractivity (Wildman–Crippen MR) is 160 cm³/mol. The maximum absolute atomic E-state index is 13.0. The van der Waals surface area contributed by atoms with E-state index in [2.05, 4.69) is 21.3 Å². The van der Waals surface area contributed by atoms with E-state index in [1.165, 1.54) is 13.8 Å². The predicted octanol–water partition coefficient (Wildman–Crippen LogP) is 1.49. The van der Waals surface area contributed by atoms with Gasteiger partial charge in [-0.1, -0.05) is 39.8 Å². The molecule has 0 aliphatic carbocycles. The average molecular weight is 605 g/mol. The minimum atomic E-state index is -1.03. The van der Waals surface area contributed by atoms with Gasteiger partial charge in [0.05, 0.1) is 0 Å². The largest absolute Gasteiger partial charge is 0.461 e. The topological polar surface area (TPSA) is 206 Å². The van der Waals surface area contributed by atoms with Crippen LogP contribution >= 0.6 is 0 Å². The second kappa shape index (κ2) is 21.0. The summed E-state index contributed by atoms with van der Waals surface area (Å²) in [6.07, 6.45) is 2.48. The van der Waals surface area contributed by atoms with Crippen molar-refractivity contribution in [3.8, 4) is 0 Å². The van der Waals surface area contributed by atoms with E-state index in [1.54, 1.807) is 24.3 Å². The molecule has 43 heavy (non-hydrogen) atoms. The number of carbonyl (C=O) groups is 7. The van der Waals surface area contributed by atoms with Gasteiger partial charge in [-0.05, 0) is 37.5 Å². The van der Waals surface area contributed by atoms with Gasteiger partial charge in [0, 0.05) is 44.3 Å². The zero-order valence-electron chi connectivity index (χ0n) is 25.7. The van der Waals surface area contributed by atoms with Gasteiger partial charge in [0.2, 0.25) is 17.7 Å². The molecule has 0 fully saturated rings. The Bertz CT molecular complexity index is 1120. The van der Waals surface area contributed by atoms with Crippen molar-refractivity contribution in [1.29, 1.82) is 0 Å². The Morgan fingerprint density at radius 1 is 0.907 bits per heavy atom. The molecule has 1 aromatic carbocycles. The number of nitrogens with one attached hydrogen (secondary N) is 4. The van der Waals surface area contributed by atoms with Gasteiger partial charge < -0.3 is 31.7 Å². The molecule has 14 nitrogen and oxygen atoms in total. The van der Waals surface area contributed by atoms with Crippen LogP contribution < -0.4 is 27.0 Å². The zero-order valence-corrected chi connectivity index (χ0v) is 25.7. The van der Waals surface area contributed by atoms with Crippen molar-refractivity contribution in [2.24, 2.45) is 5.73 Å². The van der Waals surface area contributed by atoms with E-state index in [0.29, 0.717) is 17.7 Å². The van der Waals surface area contributed by atoms with E-state index in [0.717, 1.165) is 17.1 Å².